The fourth-order valence-electron chi connectivity index (χ4n) is 2.19. The van der Waals surface area contributed by atoms with Crippen LogP contribution in [0.1, 0.15) is 5.56 Å². The minimum Gasteiger partial charge on any atom is -0.497 e. The summed E-state index contributed by atoms with van der Waals surface area (Å²) >= 11 is 3.41. The minimum absolute atomic E-state index is 0.720. The van der Waals surface area contributed by atoms with Gasteiger partial charge in [-0.25, -0.2) is 9.19 Å². The largest absolute Gasteiger partial charge is 0.497 e. The lowest BCUT2D eigenvalue weighted by atomic mass is 10.2. The number of hydrogen-bond donors (Lipinski definition) is 0. The number of rotatable bonds is 3. The monoisotopic (exact) mass is 352 g/mol. The van der Waals surface area contributed by atoms with Crippen molar-refractivity contribution in [3.8, 4) is 5.75 Å². The van der Waals surface area contributed by atoms with E-state index in [2.05, 4.69) is 20.9 Å². The zero-order valence-electron chi connectivity index (χ0n) is 10.9. The van der Waals surface area contributed by atoms with E-state index in [-0.39, 0.29) is 0 Å². The van der Waals surface area contributed by atoms with Gasteiger partial charge in [-0.1, -0.05) is 0 Å². The van der Waals surface area contributed by atoms with Gasteiger partial charge in [-0.3, -0.25) is 4.31 Å². The van der Waals surface area contributed by atoms with Crippen LogP contribution in [0.15, 0.2) is 45.9 Å². The van der Waals surface area contributed by atoms with Gasteiger partial charge in [0.1, 0.15) is 11.6 Å². The molecule has 0 saturated heterocycles. The van der Waals surface area contributed by atoms with Crippen LogP contribution in [-0.2, 0) is 17.4 Å². The van der Waals surface area contributed by atoms with Gasteiger partial charge in [0.25, 0.3) is 0 Å². The van der Waals surface area contributed by atoms with Gasteiger partial charge >= 0.3 is 0 Å². The Bertz CT molecular complexity index is 661. The zero-order valence-corrected chi connectivity index (χ0v) is 13.3. The number of nitrogens with zero attached hydrogens (tertiary/aromatic N) is 2. The molecule has 4 nitrogen and oxygen atoms in total. The average Bonchev–Trinajstić information content (AvgIpc) is 2.89. The Hall–Kier alpha value is -1.40. The normalized spacial score (nSPS) is 15.0. The van der Waals surface area contributed by atoms with E-state index in [0.717, 1.165) is 39.5 Å². The molecule has 1 aromatic carbocycles. The molecule has 1 atom stereocenters. The Morgan fingerprint density at radius 1 is 1.35 bits per heavy atom. The second kappa shape index (κ2) is 5.54. The highest BCUT2D eigenvalue weighted by atomic mass is 79.9. The number of hydrogen-bond acceptors (Lipinski definition) is 3. The molecule has 2 aromatic rings. The van der Waals surface area contributed by atoms with Gasteiger partial charge < -0.3 is 4.74 Å². The van der Waals surface area contributed by atoms with Crippen LogP contribution in [0, 0.1) is 0 Å². The lowest BCUT2D eigenvalue weighted by Crippen LogP contribution is -2.24. The summed E-state index contributed by atoms with van der Waals surface area (Å²) in [5, 5.41) is 0. The molecule has 1 aliphatic rings. The number of halogens is 1. The zero-order chi connectivity index (χ0) is 14.1. The predicted octanol–water partition coefficient (Wildman–Crippen LogP) is 2.94. The molecule has 1 aromatic heterocycles. The Balaban J connectivity index is 1.89. The van der Waals surface area contributed by atoms with Crippen molar-refractivity contribution in [2.45, 2.75) is 11.3 Å². The number of aromatic nitrogens is 1. The maximum atomic E-state index is 12.6. The van der Waals surface area contributed by atoms with Crippen molar-refractivity contribution >= 4 is 32.7 Å². The summed E-state index contributed by atoms with van der Waals surface area (Å²) in [6.07, 6.45) is 2.60. The Morgan fingerprint density at radius 3 is 2.80 bits per heavy atom. The van der Waals surface area contributed by atoms with Crippen LogP contribution in [0.5, 0.6) is 5.75 Å². The van der Waals surface area contributed by atoms with E-state index in [0.29, 0.717) is 0 Å². The summed E-state index contributed by atoms with van der Waals surface area (Å²) in [6.45, 7) is 0.720. The van der Waals surface area contributed by atoms with E-state index >= 15 is 0 Å². The highest BCUT2D eigenvalue weighted by molar-refractivity contribution is 9.10. The van der Waals surface area contributed by atoms with E-state index in [9.17, 15) is 4.21 Å². The maximum Gasteiger partial charge on any atom is 0.154 e. The molecule has 20 heavy (non-hydrogen) atoms. The highest BCUT2D eigenvalue weighted by Gasteiger charge is 2.26. The van der Waals surface area contributed by atoms with Crippen LogP contribution >= 0.6 is 15.9 Å². The second-order valence-corrected chi connectivity index (χ2v) is 6.74. The standard InChI is InChI=1S/C14H13BrN2O2S/c1-19-12-2-4-13(5-3-12)20(18)17-7-6-10-8-11(15)9-16-14(10)17/h2-5,8-9H,6-7H2,1H3. The van der Waals surface area contributed by atoms with Gasteiger partial charge in [0, 0.05) is 17.2 Å². The molecule has 0 N–H and O–H groups in total. The number of fused-ring (bicyclic) bond motifs is 1. The lowest BCUT2D eigenvalue weighted by molar-refractivity contribution is 0.414. The summed E-state index contributed by atoms with van der Waals surface area (Å²) in [4.78, 5) is 5.13. The van der Waals surface area contributed by atoms with E-state index in [1.807, 2.05) is 34.6 Å². The number of pyridine rings is 1. The minimum atomic E-state index is -1.24. The van der Waals surface area contributed by atoms with Crippen molar-refractivity contribution in [2.75, 3.05) is 18.0 Å². The average molecular weight is 353 g/mol. The molecule has 2 heterocycles. The second-order valence-electron chi connectivity index (χ2n) is 4.41. The van der Waals surface area contributed by atoms with E-state index in [1.54, 1.807) is 13.3 Å². The number of methoxy groups -OCH3 is 1. The quantitative estimate of drug-likeness (QED) is 0.852. The van der Waals surface area contributed by atoms with Crippen LogP contribution in [0.25, 0.3) is 0 Å². The van der Waals surface area contributed by atoms with Gasteiger partial charge in [-0.15, -0.1) is 0 Å². The van der Waals surface area contributed by atoms with Crippen LogP contribution < -0.4 is 9.04 Å². The van der Waals surface area contributed by atoms with Crippen molar-refractivity contribution in [1.82, 2.24) is 4.98 Å². The smallest absolute Gasteiger partial charge is 0.154 e. The fourth-order valence-corrected chi connectivity index (χ4v) is 3.77. The first kappa shape index (κ1) is 13.6. The first-order valence-corrected chi connectivity index (χ1v) is 8.07. The third-order valence-electron chi connectivity index (χ3n) is 3.19. The first-order chi connectivity index (χ1) is 9.69. The molecule has 3 rings (SSSR count). The number of ether oxygens (including phenoxy) is 1. The molecule has 0 radical (unpaired) electrons. The van der Waals surface area contributed by atoms with Gasteiger partial charge in [-0.05, 0) is 58.2 Å². The summed E-state index contributed by atoms with van der Waals surface area (Å²) < 4.78 is 20.5. The van der Waals surface area contributed by atoms with Crippen molar-refractivity contribution in [3.05, 3.63) is 46.6 Å². The summed E-state index contributed by atoms with van der Waals surface area (Å²) in [5.41, 5.74) is 1.13. The fraction of sp³-hybridized carbons (Fsp3) is 0.214. The van der Waals surface area contributed by atoms with Crippen molar-refractivity contribution in [2.24, 2.45) is 0 Å². The Morgan fingerprint density at radius 2 is 2.10 bits per heavy atom. The summed E-state index contributed by atoms with van der Waals surface area (Å²) in [6, 6.07) is 9.32. The molecular weight excluding hydrogens is 340 g/mol. The van der Waals surface area contributed by atoms with E-state index in [1.165, 1.54) is 0 Å². The molecular formula is C14H13BrN2O2S. The molecule has 1 aliphatic heterocycles. The molecule has 6 heteroatoms. The van der Waals surface area contributed by atoms with E-state index < -0.39 is 11.0 Å². The molecule has 0 fully saturated rings. The van der Waals surface area contributed by atoms with Crippen LogP contribution in [0.2, 0.25) is 0 Å². The van der Waals surface area contributed by atoms with Crippen LogP contribution in [0.4, 0.5) is 5.82 Å². The Kier molecular flexibility index (Phi) is 3.76. The highest BCUT2D eigenvalue weighted by Crippen LogP contribution is 2.31. The number of benzene rings is 1. The van der Waals surface area contributed by atoms with Crippen molar-refractivity contribution < 1.29 is 8.95 Å². The topological polar surface area (TPSA) is 42.4 Å². The van der Waals surface area contributed by atoms with Gasteiger partial charge in [0.15, 0.2) is 11.0 Å². The maximum absolute atomic E-state index is 12.6. The third-order valence-corrected chi connectivity index (χ3v) is 5.06. The number of anilines is 1. The first-order valence-electron chi connectivity index (χ1n) is 6.17. The SMILES string of the molecule is COc1ccc(S(=O)N2CCc3cc(Br)cnc32)cc1. The predicted molar refractivity (Wildman–Crippen MR) is 82.4 cm³/mol. The molecule has 0 bridgehead atoms. The summed E-state index contributed by atoms with van der Waals surface area (Å²) in [7, 11) is 0.379. The van der Waals surface area contributed by atoms with Gasteiger partial charge in [0.05, 0.1) is 12.0 Å². The molecule has 0 saturated carbocycles. The van der Waals surface area contributed by atoms with Crippen molar-refractivity contribution in [1.29, 1.82) is 0 Å². The van der Waals surface area contributed by atoms with Crippen LogP contribution in [-0.4, -0.2) is 22.8 Å². The summed E-state index contributed by atoms with van der Waals surface area (Å²) in [5.74, 6) is 1.57. The molecule has 0 aliphatic carbocycles. The van der Waals surface area contributed by atoms with Crippen molar-refractivity contribution in [3.63, 3.8) is 0 Å². The lowest BCUT2D eigenvalue weighted by Gasteiger charge is -2.17. The molecule has 1 unspecified atom stereocenters. The molecule has 104 valence electrons. The molecule has 0 spiro atoms. The molecule has 0 amide bonds. The van der Waals surface area contributed by atoms with Gasteiger partial charge in [-0.2, -0.15) is 0 Å². The van der Waals surface area contributed by atoms with Crippen LogP contribution in [0.3, 0.4) is 0 Å². The van der Waals surface area contributed by atoms with Gasteiger partial charge in [0.2, 0.25) is 0 Å². The van der Waals surface area contributed by atoms with E-state index in [4.69, 9.17) is 4.74 Å². The third kappa shape index (κ3) is 2.45. The Labute approximate surface area is 128 Å².